The van der Waals surface area contributed by atoms with Gasteiger partial charge in [0.25, 0.3) is 0 Å². The summed E-state index contributed by atoms with van der Waals surface area (Å²) in [6.45, 7) is 1.09. The van der Waals surface area contributed by atoms with Crippen molar-refractivity contribution in [2.45, 2.75) is 67.1 Å². The zero-order valence-electron chi connectivity index (χ0n) is 19.5. The molecule has 1 aromatic carbocycles. The molecule has 0 aliphatic heterocycles. The standard InChI is InChI=1S/C20H15F17O3/c1-3-40-12(38)10-6-4-5-9(7-10)11(39-2)8-13(21,22)14(23,24)15(25,26)16(27,28)17(29,30)18(31,32)19(33,34)20(35,36)37/h4-7,11H,3,8H2,1-2H3. The van der Waals surface area contributed by atoms with Crippen LogP contribution in [0.3, 0.4) is 0 Å². The fourth-order valence-corrected chi connectivity index (χ4v) is 2.98. The third-order valence-corrected chi connectivity index (χ3v) is 5.28. The van der Waals surface area contributed by atoms with E-state index in [9.17, 15) is 79.4 Å². The summed E-state index contributed by atoms with van der Waals surface area (Å²) >= 11 is 0. The molecule has 0 aromatic heterocycles. The molecule has 0 bridgehead atoms. The minimum atomic E-state index is -8.70. The van der Waals surface area contributed by atoms with E-state index in [2.05, 4.69) is 9.47 Å². The lowest BCUT2D eigenvalue weighted by Crippen LogP contribution is -2.74. The van der Waals surface area contributed by atoms with E-state index in [4.69, 9.17) is 0 Å². The zero-order valence-corrected chi connectivity index (χ0v) is 19.5. The number of esters is 1. The van der Waals surface area contributed by atoms with Crippen molar-refractivity contribution in [2.75, 3.05) is 13.7 Å². The molecule has 3 nitrogen and oxygen atoms in total. The Morgan fingerprint density at radius 2 is 1.12 bits per heavy atom. The van der Waals surface area contributed by atoms with Crippen molar-refractivity contribution in [1.82, 2.24) is 0 Å². The van der Waals surface area contributed by atoms with Gasteiger partial charge in [-0.3, -0.25) is 0 Å². The molecule has 0 heterocycles. The molecule has 1 aromatic rings. The highest BCUT2D eigenvalue weighted by Gasteiger charge is 2.95. The SMILES string of the molecule is CCOC(=O)c1cccc(C(CC(F)(F)C(F)(F)C(F)(F)C(F)(F)C(F)(F)C(F)(F)C(F)(F)C(F)(F)F)OC)c1. The van der Waals surface area contributed by atoms with E-state index >= 15 is 0 Å². The van der Waals surface area contributed by atoms with Crippen LogP contribution in [0.15, 0.2) is 24.3 Å². The first-order valence-electron chi connectivity index (χ1n) is 10.1. The molecular weight excluding hydrogens is 611 g/mol. The predicted molar refractivity (Wildman–Crippen MR) is 97.4 cm³/mol. The van der Waals surface area contributed by atoms with E-state index in [1.54, 1.807) is 0 Å². The van der Waals surface area contributed by atoms with Crippen LogP contribution in [0.5, 0.6) is 0 Å². The lowest BCUT2D eigenvalue weighted by atomic mass is 9.87. The lowest BCUT2D eigenvalue weighted by Gasteiger charge is -2.43. The van der Waals surface area contributed by atoms with Crippen LogP contribution in [-0.2, 0) is 9.47 Å². The number of benzene rings is 1. The Balaban J connectivity index is 3.57. The van der Waals surface area contributed by atoms with Crippen LogP contribution < -0.4 is 0 Å². The highest BCUT2D eigenvalue weighted by molar-refractivity contribution is 5.89. The first kappa shape index (κ1) is 35.5. The minimum Gasteiger partial charge on any atom is -0.462 e. The van der Waals surface area contributed by atoms with Crippen molar-refractivity contribution >= 4 is 5.97 Å². The number of carbonyl (C=O) groups excluding carboxylic acids is 1. The lowest BCUT2D eigenvalue weighted by molar-refractivity contribution is -0.462. The van der Waals surface area contributed by atoms with Gasteiger partial charge in [-0.25, -0.2) is 4.79 Å². The number of hydrogen-bond acceptors (Lipinski definition) is 3. The Morgan fingerprint density at radius 1 is 0.700 bits per heavy atom. The summed E-state index contributed by atoms with van der Waals surface area (Å²) in [6.07, 6.45) is -13.2. The van der Waals surface area contributed by atoms with Crippen LogP contribution in [0.2, 0.25) is 0 Å². The number of ether oxygens (including phenoxy) is 2. The van der Waals surface area contributed by atoms with Crippen molar-refractivity contribution in [3.8, 4) is 0 Å². The van der Waals surface area contributed by atoms with Gasteiger partial charge in [0.15, 0.2) is 0 Å². The Bertz CT molecular complexity index is 1050. The van der Waals surface area contributed by atoms with Crippen LogP contribution in [-0.4, -0.2) is 67.3 Å². The summed E-state index contributed by atoms with van der Waals surface area (Å²) in [4.78, 5) is 11.7. The topological polar surface area (TPSA) is 35.5 Å². The van der Waals surface area contributed by atoms with E-state index in [0.717, 1.165) is 18.2 Å². The minimum absolute atomic E-state index is 0.233. The molecule has 0 saturated carbocycles. The predicted octanol–water partition coefficient (Wildman–Crippen LogP) is 7.95. The van der Waals surface area contributed by atoms with Crippen molar-refractivity contribution < 1.29 is 88.9 Å². The molecular formula is C20H15F17O3. The van der Waals surface area contributed by atoms with Crippen LogP contribution >= 0.6 is 0 Å². The molecule has 0 aliphatic rings. The largest absolute Gasteiger partial charge is 0.462 e. The Hall–Kier alpha value is -2.54. The van der Waals surface area contributed by atoms with Crippen molar-refractivity contribution in [1.29, 1.82) is 0 Å². The van der Waals surface area contributed by atoms with Gasteiger partial charge in [0, 0.05) is 13.5 Å². The van der Waals surface area contributed by atoms with Gasteiger partial charge < -0.3 is 9.47 Å². The Morgan fingerprint density at radius 3 is 1.52 bits per heavy atom. The normalized spacial score (nSPS) is 15.7. The van der Waals surface area contributed by atoms with Gasteiger partial charge in [-0.15, -0.1) is 0 Å². The van der Waals surface area contributed by atoms with E-state index in [-0.39, 0.29) is 6.61 Å². The van der Waals surface area contributed by atoms with Gasteiger partial charge >= 0.3 is 53.6 Å². The first-order valence-corrected chi connectivity index (χ1v) is 10.1. The number of alkyl halides is 17. The molecule has 1 atom stereocenters. The molecule has 232 valence electrons. The van der Waals surface area contributed by atoms with Crippen LogP contribution in [0.25, 0.3) is 0 Å². The van der Waals surface area contributed by atoms with Gasteiger partial charge in [0.1, 0.15) is 0 Å². The average Bonchev–Trinajstić information content (AvgIpc) is 2.81. The maximum atomic E-state index is 14.3. The number of hydrogen-bond donors (Lipinski definition) is 0. The van der Waals surface area contributed by atoms with E-state index in [1.807, 2.05) is 0 Å². The van der Waals surface area contributed by atoms with Crippen molar-refractivity contribution in [3.63, 3.8) is 0 Å². The van der Waals surface area contributed by atoms with Crippen LogP contribution in [0.4, 0.5) is 74.6 Å². The van der Waals surface area contributed by atoms with Crippen LogP contribution in [0.1, 0.15) is 35.4 Å². The first-order chi connectivity index (χ1) is 17.6. The molecule has 0 spiro atoms. The fourth-order valence-electron chi connectivity index (χ4n) is 2.98. The van der Waals surface area contributed by atoms with Gasteiger partial charge in [0.2, 0.25) is 0 Å². The summed E-state index contributed by atoms with van der Waals surface area (Å²) in [5.74, 6) is -58.1. The molecule has 0 fully saturated rings. The molecule has 0 N–H and O–H groups in total. The third-order valence-electron chi connectivity index (χ3n) is 5.28. The molecule has 0 radical (unpaired) electrons. The van der Waals surface area contributed by atoms with Crippen LogP contribution in [0, 0.1) is 0 Å². The van der Waals surface area contributed by atoms with Gasteiger partial charge in [-0.05, 0) is 24.6 Å². The molecule has 1 rings (SSSR count). The molecule has 20 heteroatoms. The molecule has 0 aliphatic carbocycles. The zero-order chi connectivity index (χ0) is 32.0. The molecule has 40 heavy (non-hydrogen) atoms. The molecule has 1 unspecified atom stereocenters. The Labute approximate surface area is 212 Å². The maximum Gasteiger partial charge on any atom is 0.460 e. The molecule has 0 saturated heterocycles. The smallest absolute Gasteiger partial charge is 0.460 e. The summed E-state index contributed by atoms with van der Waals surface area (Å²) in [5.41, 5.74) is -1.19. The highest BCUT2D eigenvalue weighted by Crippen LogP contribution is 2.64. The third kappa shape index (κ3) is 5.38. The second kappa shape index (κ2) is 10.7. The van der Waals surface area contributed by atoms with E-state index in [0.29, 0.717) is 13.2 Å². The second-order valence-electron chi connectivity index (χ2n) is 7.92. The highest BCUT2D eigenvalue weighted by atomic mass is 19.4. The van der Waals surface area contributed by atoms with E-state index < -0.39 is 77.3 Å². The number of carbonyl (C=O) groups is 1. The van der Waals surface area contributed by atoms with Gasteiger partial charge in [-0.1, -0.05) is 12.1 Å². The summed E-state index contributed by atoms with van der Waals surface area (Å²) in [5, 5.41) is 0. The summed E-state index contributed by atoms with van der Waals surface area (Å²) < 4.78 is 237. The van der Waals surface area contributed by atoms with Gasteiger partial charge in [0.05, 0.1) is 18.3 Å². The monoisotopic (exact) mass is 626 g/mol. The Kier molecular flexibility index (Phi) is 9.49. The summed E-state index contributed by atoms with van der Waals surface area (Å²) in [6, 6.07) is 3.21. The molecule has 0 amide bonds. The van der Waals surface area contributed by atoms with Crippen molar-refractivity contribution in [3.05, 3.63) is 35.4 Å². The number of rotatable bonds is 12. The number of halogens is 17. The fraction of sp³-hybridized carbons (Fsp3) is 0.650. The average molecular weight is 626 g/mol. The second-order valence-corrected chi connectivity index (χ2v) is 7.92. The van der Waals surface area contributed by atoms with Gasteiger partial charge in [-0.2, -0.15) is 74.6 Å². The van der Waals surface area contributed by atoms with Crippen molar-refractivity contribution in [2.24, 2.45) is 0 Å². The quantitative estimate of drug-likeness (QED) is 0.175. The van der Waals surface area contributed by atoms with E-state index in [1.165, 1.54) is 6.92 Å². The number of methoxy groups -OCH3 is 1. The maximum absolute atomic E-state index is 14.3. The summed E-state index contributed by atoms with van der Waals surface area (Å²) in [7, 11) is 0.455.